The third-order valence-electron chi connectivity index (χ3n) is 6.15. The van der Waals surface area contributed by atoms with E-state index in [9.17, 15) is 18.0 Å². The van der Waals surface area contributed by atoms with Crippen molar-refractivity contribution in [1.82, 2.24) is 25.1 Å². The maximum Gasteiger partial charge on any atom is 0.422 e. The lowest BCUT2D eigenvalue weighted by atomic mass is 9.71. The molecule has 0 bridgehead atoms. The molecule has 2 aromatic carbocycles. The molecule has 5 rings (SSSR count). The molecule has 1 N–H and O–H groups in total. The van der Waals surface area contributed by atoms with Crippen LogP contribution >= 0.6 is 0 Å². The van der Waals surface area contributed by atoms with Gasteiger partial charge in [-0.05, 0) is 59.4 Å². The van der Waals surface area contributed by atoms with Crippen molar-refractivity contribution in [2.45, 2.75) is 31.5 Å². The Balaban J connectivity index is 1.56. The van der Waals surface area contributed by atoms with Crippen molar-refractivity contribution in [3.8, 4) is 16.9 Å². The fourth-order valence-electron chi connectivity index (χ4n) is 4.49. The van der Waals surface area contributed by atoms with E-state index in [0.29, 0.717) is 24.5 Å². The molecular weight excluding hydrogens is 473 g/mol. The first kappa shape index (κ1) is 23.5. The number of carbonyl (C=O) groups excluding carboxylic acids is 1. The fraction of sp³-hybridized carbons (Fsp3) is 0.240. The zero-order valence-corrected chi connectivity index (χ0v) is 19.2. The lowest BCUT2D eigenvalue weighted by Gasteiger charge is -2.40. The summed E-state index contributed by atoms with van der Waals surface area (Å²) in [6.07, 6.45) is 2.02. The number of aromatic amines is 1. The molecule has 8 nitrogen and oxygen atoms in total. The van der Waals surface area contributed by atoms with Crippen molar-refractivity contribution in [2.24, 2.45) is 0 Å². The molecule has 184 valence electrons. The number of hydrogen-bond acceptors (Lipinski definition) is 6. The van der Waals surface area contributed by atoms with Crippen molar-refractivity contribution in [3.05, 3.63) is 84.2 Å². The molecule has 0 saturated heterocycles. The van der Waals surface area contributed by atoms with Gasteiger partial charge in [-0.3, -0.25) is 9.69 Å². The molecule has 0 saturated carbocycles. The Morgan fingerprint density at radius 1 is 1.08 bits per heavy atom. The molecule has 1 unspecified atom stereocenters. The van der Waals surface area contributed by atoms with E-state index in [1.807, 2.05) is 25.1 Å². The maximum absolute atomic E-state index is 13.9. The topological polar surface area (TPSA) is 96.9 Å². The van der Waals surface area contributed by atoms with Gasteiger partial charge in [-0.15, -0.1) is 0 Å². The van der Waals surface area contributed by atoms with Crippen LogP contribution in [-0.4, -0.2) is 43.8 Å². The highest BCUT2D eigenvalue weighted by molar-refractivity contribution is 6.02. The molecule has 0 spiro atoms. The normalized spacial score (nSPS) is 17.7. The Hall–Kier alpha value is -4.28. The Labute approximate surface area is 204 Å². The molecule has 1 aliphatic heterocycles. The van der Waals surface area contributed by atoms with Crippen LogP contribution in [0.1, 0.15) is 23.6 Å². The zero-order valence-electron chi connectivity index (χ0n) is 19.2. The van der Waals surface area contributed by atoms with E-state index in [-0.39, 0.29) is 11.7 Å². The van der Waals surface area contributed by atoms with E-state index in [2.05, 4.69) is 25.1 Å². The highest BCUT2D eigenvalue weighted by atomic mass is 19.4. The van der Waals surface area contributed by atoms with Gasteiger partial charge in [-0.25, -0.2) is 15.1 Å². The second-order valence-electron chi connectivity index (χ2n) is 8.76. The number of benzene rings is 2. The average Bonchev–Trinajstić information content (AvgIpc) is 3.40. The summed E-state index contributed by atoms with van der Waals surface area (Å²) in [5.74, 6) is 0.286. The molecule has 11 heteroatoms. The minimum atomic E-state index is -4.43. The number of amides is 1. The molecule has 3 heterocycles. The summed E-state index contributed by atoms with van der Waals surface area (Å²) in [5.41, 5.74) is 2.94. The van der Waals surface area contributed by atoms with Gasteiger partial charge in [0, 0.05) is 12.4 Å². The van der Waals surface area contributed by atoms with Crippen molar-refractivity contribution >= 4 is 11.9 Å². The second-order valence-corrected chi connectivity index (χ2v) is 8.76. The third-order valence-corrected chi connectivity index (χ3v) is 6.15. The largest absolute Gasteiger partial charge is 0.484 e. The van der Waals surface area contributed by atoms with Crippen LogP contribution in [0.25, 0.3) is 11.1 Å². The molecule has 0 fully saturated rings. The van der Waals surface area contributed by atoms with Crippen LogP contribution in [0.3, 0.4) is 0 Å². The molecule has 1 atom stereocenters. The summed E-state index contributed by atoms with van der Waals surface area (Å²) in [6.45, 7) is 0.777. The van der Waals surface area contributed by atoms with Crippen LogP contribution in [0.5, 0.6) is 5.75 Å². The van der Waals surface area contributed by atoms with E-state index in [1.165, 1.54) is 18.7 Å². The standard InChI is InChI=1S/C25H21F3N6O2/c1-24(9-16-10-29-14-30-11-16)21-8-18(17-3-2-4-20(7-17)36-13-25(26,27)28)5-6-19(21)12-34(22(24)35)23-31-15-32-33-23/h2-8,10-11,14-15H,9,12-13H2,1H3,(H,31,32,33). The van der Waals surface area contributed by atoms with E-state index < -0.39 is 18.2 Å². The quantitative estimate of drug-likeness (QED) is 0.431. The SMILES string of the molecule is CC1(Cc2cncnc2)C(=O)N(c2ncn[nH]2)Cc2ccc(-c3cccc(OCC(F)(F)F)c3)cc21. The summed E-state index contributed by atoms with van der Waals surface area (Å²) in [5, 5.41) is 6.64. The first-order chi connectivity index (χ1) is 17.2. The van der Waals surface area contributed by atoms with Crippen LogP contribution in [-0.2, 0) is 23.2 Å². The van der Waals surface area contributed by atoms with E-state index >= 15 is 0 Å². The fourth-order valence-corrected chi connectivity index (χ4v) is 4.49. The van der Waals surface area contributed by atoms with Gasteiger partial charge in [0.15, 0.2) is 6.61 Å². The summed E-state index contributed by atoms with van der Waals surface area (Å²) in [4.78, 5) is 27.8. The number of anilines is 1. The number of nitrogens with one attached hydrogen (secondary N) is 1. The number of fused-ring (bicyclic) bond motifs is 1. The first-order valence-corrected chi connectivity index (χ1v) is 11.1. The Bertz CT molecular complexity index is 1380. The molecular formula is C25H21F3N6O2. The van der Waals surface area contributed by atoms with E-state index in [4.69, 9.17) is 4.74 Å². The molecule has 4 aromatic rings. The number of aromatic nitrogens is 5. The smallest absolute Gasteiger partial charge is 0.422 e. The van der Waals surface area contributed by atoms with Gasteiger partial charge >= 0.3 is 6.18 Å². The van der Waals surface area contributed by atoms with Crippen LogP contribution < -0.4 is 9.64 Å². The van der Waals surface area contributed by atoms with Gasteiger partial charge in [-0.2, -0.15) is 23.3 Å². The summed E-state index contributed by atoms with van der Waals surface area (Å²) in [6, 6.07) is 12.2. The highest BCUT2D eigenvalue weighted by Gasteiger charge is 2.45. The molecule has 2 aromatic heterocycles. The van der Waals surface area contributed by atoms with Crippen LogP contribution in [0, 0.1) is 0 Å². The molecule has 0 radical (unpaired) electrons. The number of H-pyrrole nitrogens is 1. The predicted molar refractivity (Wildman–Crippen MR) is 124 cm³/mol. The average molecular weight is 494 g/mol. The minimum absolute atomic E-state index is 0.110. The van der Waals surface area contributed by atoms with E-state index in [0.717, 1.165) is 22.3 Å². The number of rotatable bonds is 6. The van der Waals surface area contributed by atoms with Crippen molar-refractivity contribution in [2.75, 3.05) is 11.5 Å². The van der Waals surface area contributed by atoms with Crippen LogP contribution in [0.2, 0.25) is 0 Å². The number of ether oxygens (including phenoxy) is 1. The Morgan fingerprint density at radius 3 is 2.58 bits per heavy atom. The molecule has 36 heavy (non-hydrogen) atoms. The van der Waals surface area contributed by atoms with Crippen molar-refractivity contribution < 1.29 is 22.7 Å². The molecule has 0 aliphatic carbocycles. The predicted octanol–water partition coefficient (Wildman–Crippen LogP) is 4.25. The summed E-state index contributed by atoms with van der Waals surface area (Å²) >= 11 is 0. The van der Waals surface area contributed by atoms with Crippen molar-refractivity contribution in [3.63, 3.8) is 0 Å². The number of alkyl halides is 3. The maximum atomic E-state index is 13.9. The van der Waals surface area contributed by atoms with Crippen LogP contribution in [0.15, 0.2) is 67.5 Å². The Morgan fingerprint density at radius 2 is 1.86 bits per heavy atom. The second kappa shape index (κ2) is 9.06. The monoisotopic (exact) mass is 494 g/mol. The summed E-state index contributed by atoms with van der Waals surface area (Å²) in [7, 11) is 0. The third kappa shape index (κ3) is 4.64. The van der Waals surface area contributed by atoms with Gasteiger partial charge in [-0.1, -0.05) is 24.3 Å². The summed E-state index contributed by atoms with van der Waals surface area (Å²) < 4.78 is 42.7. The molecule has 1 amide bonds. The first-order valence-electron chi connectivity index (χ1n) is 11.1. The number of hydrogen-bond donors (Lipinski definition) is 1. The highest BCUT2D eigenvalue weighted by Crippen LogP contribution is 2.40. The van der Waals surface area contributed by atoms with Gasteiger partial charge in [0.2, 0.25) is 11.9 Å². The van der Waals surface area contributed by atoms with Crippen molar-refractivity contribution in [1.29, 1.82) is 0 Å². The van der Waals surface area contributed by atoms with Gasteiger partial charge in [0.1, 0.15) is 18.4 Å². The zero-order chi connectivity index (χ0) is 25.3. The van der Waals surface area contributed by atoms with Gasteiger partial charge in [0.25, 0.3) is 0 Å². The van der Waals surface area contributed by atoms with Crippen LogP contribution in [0.4, 0.5) is 19.1 Å². The van der Waals surface area contributed by atoms with E-state index in [1.54, 1.807) is 35.5 Å². The lowest BCUT2D eigenvalue weighted by Crippen LogP contribution is -2.51. The number of halogens is 3. The number of carbonyl (C=O) groups is 1. The Kier molecular flexibility index (Phi) is 5.91. The number of nitrogens with zero attached hydrogens (tertiary/aromatic N) is 5. The van der Waals surface area contributed by atoms with Gasteiger partial charge < -0.3 is 4.74 Å². The molecule has 1 aliphatic rings. The van der Waals surface area contributed by atoms with Gasteiger partial charge in [0.05, 0.1) is 12.0 Å². The minimum Gasteiger partial charge on any atom is -0.484 e. The lowest BCUT2D eigenvalue weighted by molar-refractivity contribution is -0.153.